The molecular weight excluding hydrogens is 543 g/mol. The van der Waals surface area contributed by atoms with E-state index in [2.05, 4.69) is 22.1 Å². The van der Waals surface area contributed by atoms with Crippen molar-refractivity contribution < 1.29 is 31.5 Å². The van der Waals surface area contributed by atoms with Crippen LogP contribution in [0.2, 0.25) is 0 Å². The summed E-state index contributed by atoms with van der Waals surface area (Å²) in [5.41, 5.74) is 0.433. The van der Waals surface area contributed by atoms with E-state index in [-0.39, 0.29) is 29.1 Å². The lowest BCUT2D eigenvalue weighted by atomic mass is 10.0. The third-order valence-corrected chi connectivity index (χ3v) is 6.75. The van der Waals surface area contributed by atoms with Gasteiger partial charge in [0.15, 0.2) is 0 Å². The van der Waals surface area contributed by atoms with E-state index in [0.29, 0.717) is 43.1 Å². The maximum absolute atomic E-state index is 13.9. The molecule has 3 heterocycles. The molecule has 4 aromatic rings. The van der Waals surface area contributed by atoms with Crippen LogP contribution in [0, 0.1) is 18.8 Å². The molecule has 0 saturated carbocycles. The first-order valence-electron chi connectivity index (χ1n) is 12.8. The lowest BCUT2D eigenvalue weighted by molar-refractivity contribution is -0.138. The highest BCUT2D eigenvalue weighted by Crippen LogP contribution is 2.35. The Kier molecular flexibility index (Phi) is 8.06. The smallest absolute Gasteiger partial charge is 0.379 e. The number of morpholine rings is 1. The molecule has 0 atom stereocenters. The van der Waals surface area contributed by atoms with E-state index in [1.165, 1.54) is 28.7 Å². The number of carbonyl (C=O) groups excluding carboxylic acids is 1. The maximum Gasteiger partial charge on any atom is 0.416 e. The van der Waals surface area contributed by atoms with Gasteiger partial charge < -0.3 is 10.1 Å². The summed E-state index contributed by atoms with van der Waals surface area (Å²) in [6.45, 7) is 3.86. The Bertz CT molecular complexity index is 1650. The number of rotatable bonds is 5. The molecule has 2 aromatic heterocycles. The molecular formula is C30H25F5N4O2. The van der Waals surface area contributed by atoms with Crippen LogP contribution in [0.1, 0.15) is 50.4 Å². The highest BCUT2D eigenvalue weighted by molar-refractivity contribution is 6.04. The Labute approximate surface area is 232 Å². The second kappa shape index (κ2) is 11.7. The summed E-state index contributed by atoms with van der Waals surface area (Å²) in [4.78, 5) is 18.9. The predicted molar refractivity (Wildman–Crippen MR) is 143 cm³/mol. The van der Waals surface area contributed by atoms with Crippen LogP contribution in [-0.4, -0.2) is 46.5 Å². The number of anilines is 1. The minimum Gasteiger partial charge on any atom is -0.379 e. The van der Waals surface area contributed by atoms with Crippen LogP contribution in [0.15, 0.2) is 60.8 Å². The van der Waals surface area contributed by atoms with Crippen LogP contribution in [0.4, 0.5) is 27.6 Å². The van der Waals surface area contributed by atoms with Gasteiger partial charge in [0, 0.05) is 42.6 Å². The lowest BCUT2D eigenvalue weighted by Gasteiger charge is -2.27. The number of nitrogens with zero attached hydrogens (tertiary/aromatic N) is 3. The maximum atomic E-state index is 13.9. The van der Waals surface area contributed by atoms with Gasteiger partial charge >= 0.3 is 6.18 Å². The first-order chi connectivity index (χ1) is 19.6. The van der Waals surface area contributed by atoms with E-state index in [4.69, 9.17) is 4.74 Å². The summed E-state index contributed by atoms with van der Waals surface area (Å²) in [6, 6.07) is 13.3. The van der Waals surface area contributed by atoms with Crippen LogP contribution in [-0.2, 0) is 17.5 Å². The fraction of sp³-hybridized carbons (Fsp3) is 0.267. The van der Waals surface area contributed by atoms with Crippen molar-refractivity contribution >= 4 is 17.2 Å². The standard InChI is InChI=1S/C30H25F5N4O2/c1-19-5-6-21(16-20(19)8-10-25-27(28(31)32)37-26-4-2-3-11-39(25)26)29(40)36-23-9-7-22(24(17-23)30(33,34)35)18-38-12-14-41-15-13-38/h2-7,9,11,16-17,28H,12-15,18H2,1H3,(H,36,40). The van der Waals surface area contributed by atoms with Gasteiger partial charge in [-0.15, -0.1) is 0 Å². The number of aromatic nitrogens is 2. The number of hydrogen-bond acceptors (Lipinski definition) is 4. The molecule has 0 spiro atoms. The molecule has 6 nitrogen and oxygen atoms in total. The van der Waals surface area contributed by atoms with Crippen molar-refractivity contribution in [2.75, 3.05) is 31.6 Å². The molecule has 11 heteroatoms. The number of pyridine rings is 1. The first-order valence-corrected chi connectivity index (χ1v) is 12.8. The quantitative estimate of drug-likeness (QED) is 0.234. The normalized spacial score (nSPS) is 14.2. The minimum atomic E-state index is -4.61. The highest BCUT2D eigenvalue weighted by Gasteiger charge is 2.34. The summed E-state index contributed by atoms with van der Waals surface area (Å²) >= 11 is 0. The van der Waals surface area contributed by atoms with Gasteiger partial charge in [-0.25, -0.2) is 13.8 Å². The van der Waals surface area contributed by atoms with Gasteiger partial charge in [0.05, 0.1) is 18.8 Å². The molecule has 0 unspecified atom stereocenters. The van der Waals surface area contributed by atoms with Crippen molar-refractivity contribution in [1.82, 2.24) is 14.3 Å². The van der Waals surface area contributed by atoms with Crippen molar-refractivity contribution in [3.05, 3.63) is 100.0 Å². The average Bonchev–Trinajstić information content (AvgIpc) is 3.32. The Morgan fingerprint density at radius 2 is 1.85 bits per heavy atom. The number of ether oxygens (including phenoxy) is 1. The summed E-state index contributed by atoms with van der Waals surface area (Å²) in [6.07, 6.45) is -5.86. The fourth-order valence-corrected chi connectivity index (χ4v) is 4.57. The highest BCUT2D eigenvalue weighted by atomic mass is 19.4. The van der Waals surface area contributed by atoms with Crippen molar-refractivity contribution in [2.45, 2.75) is 26.1 Å². The minimum absolute atomic E-state index is 0.00596. The zero-order valence-corrected chi connectivity index (χ0v) is 21.9. The number of imidazole rings is 1. The summed E-state index contributed by atoms with van der Waals surface area (Å²) in [5.74, 6) is 4.97. The molecule has 2 aromatic carbocycles. The van der Waals surface area contributed by atoms with Crippen molar-refractivity contribution in [1.29, 1.82) is 0 Å². The number of nitrogens with one attached hydrogen (secondary N) is 1. The molecule has 0 aliphatic carbocycles. The van der Waals surface area contributed by atoms with Gasteiger partial charge in [-0.05, 0) is 60.4 Å². The molecule has 0 bridgehead atoms. The number of carbonyl (C=O) groups is 1. The van der Waals surface area contributed by atoms with E-state index in [1.807, 2.05) is 4.90 Å². The second-order valence-corrected chi connectivity index (χ2v) is 9.57. The van der Waals surface area contributed by atoms with Crippen LogP contribution in [0.3, 0.4) is 0 Å². The largest absolute Gasteiger partial charge is 0.416 e. The van der Waals surface area contributed by atoms with Gasteiger partial charge in [-0.3, -0.25) is 14.1 Å². The van der Waals surface area contributed by atoms with Crippen molar-refractivity contribution in [3.63, 3.8) is 0 Å². The molecule has 212 valence electrons. The molecule has 1 aliphatic rings. The molecule has 1 amide bonds. The number of halogens is 5. The summed E-state index contributed by atoms with van der Waals surface area (Å²) in [7, 11) is 0. The van der Waals surface area contributed by atoms with Gasteiger partial charge in [0.1, 0.15) is 17.0 Å². The molecule has 41 heavy (non-hydrogen) atoms. The third kappa shape index (κ3) is 6.39. The van der Waals surface area contributed by atoms with Crippen molar-refractivity contribution in [3.8, 4) is 11.8 Å². The molecule has 5 rings (SSSR count). The Morgan fingerprint density at radius 1 is 1.07 bits per heavy atom. The van der Waals surface area contributed by atoms with Gasteiger partial charge in [0.2, 0.25) is 0 Å². The monoisotopic (exact) mass is 568 g/mol. The Morgan fingerprint density at radius 3 is 2.59 bits per heavy atom. The van der Waals surface area contributed by atoms with Crippen LogP contribution < -0.4 is 5.32 Å². The zero-order valence-electron chi connectivity index (χ0n) is 21.9. The molecule has 1 saturated heterocycles. The summed E-state index contributed by atoms with van der Waals surface area (Å²) in [5, 5.41) is 2.53. The number of fused-ring (bicyclic) bond motifs is 1. The molecule has 1 fully saturated rings. The third-order valence-electron chi connectivity index (χ3n) is 6.75. The van der Waals surface area contributed by atoms with Gasteiger partial charge in [0.25, 0.3) is 12.3 Å². The van der Waals surface area contributed by atoms with E-state index < -0.39 is 29.8 Å². The molecule has 0 radical (unpaired) electrons. The zero-order chi connectivity index (χ0) is 29.1. The average molecular weight is 569 g/mol. The van der Waals surface area contributed by atoms with Crippen LogP contribution in [0.25, 0.3) is 5.65 Å². The van der Waals surface area contributed by atoms with E-state index in [9.17, 15) is 26.7 Å². The number of amides is 1. The topological polar surface area (TPSA) is 58.9 Å². The predicted octanol–water partition coefficient (Wildman–Crippen LogP) is 6.08. The Hall–Kier alpha value is -4.27. The first kappa shape index (κ1) is 28.3. The van der Waals surface area contributed by atoms with Gasteiger partial charge in [-0.1, -0.05) is 24.1 Å². The second-order valence-electron chi connectivity index (χ2n) is 9.57. The number of aryl methyl sites for hydroxylation is 1. The Balaban J connectivity index is 1.40. The summed E-state index contributed by atoms with van der Waals surface area (Å²) < 4.78 is 75.6. The number of alkyl halides is 5. The number of benzene rings is 2. The molecule has 1 aliphatic heterocycles. The molecule has 1 N–H and O–H groups in total. The van der Waals surface area contributed by atoms with E-state index in [1.54, 1.807) is 37.4 Å². The van der Waals surface area contributed by atoms with Crippen molar-refractivity contribution in [2.24, 2.45) is 0 Å². The van der Waals surface area contributed by atoms with Crippen LogP contribution >= 0.6 is 0 Å². The van der Waals surface area contributed by atoms with E-state index >= 15 is 0 Å². The SMILES string of the molecule is Cc1ccc(C(=O)Nc2ccc(CN3CCOCC3)c(C(F)(F)F)c2)cc1C#Cc1c(C(F)F)nc2ccccn12. The fourth-order valence-electron chi connectivity index (χ4n) is 4.57. The lowest BCUT2D eigenvalue weighted by Crippen LogP contribution is -2.36. The van der Waals surface area contributed by atoms with Crippen LogP contribution in [0.5, 0.6) is 0 Å². The number of hydrogen-bond donors (Lipinski definition) is 1. The van der Waals surface area contributed by atoms with E-state index in [0.717, 1.165) is 6.07 Å². The van der Waals surface area contributed by atoms with Gasteiger partial charge in [-0.2, -0.15) is 13.2 Å².